The number of rotatable bonds is 8. The first kappa shape index (κ1) is 29.9. The highest BCUT2D eigenvalue weighted by atomic mass is 16.5. The Morgan fingerprint density at radius 2 is 1.35 bits per heavy atom. The lowest BCUT2D eigenvalue weighted by Gasteiger charge is -2.37. The second-order valence-corrected chi connectivity index (χ2v) is 8.08. The van der Waals surface area contributed by atoms with Crippen molar-refractivity contribution < 1.29 is 14.3 Å². The van der Waals surface area contributed by atoms with Crippen LogP contribution in [0.3, 0.4) is 0 Å². The molecular weight excluding hydrogens is 428 g/mol. The van der Waals surface area contributed by atoms with Crippen molar-refractivity contribution in [3.05, 3.63) is 29.8 Å². The van der Waals surface area contributed by atoms with Crippen LogP contribution in [-0.2, 0) is 4.79 Å². The quantitative estimate of drug-likeness (QED) is 0.534. The molecule has 7 nitrogen and oxygen atoms in total. The summed E-state index contributed by atoms with van der Waals surface area (Å²) in [7, 11) is 0. The standard InChI is InChI=1S/C23H36N4O3.2C2H6/c1-3-5-18-30-21-9-7-6-8-20(21)23(29)27-16-12-25(13-17-27)19-22(28)26-14-10-24(4-2)11-15-26;2*1-2/h6-9H,3-5,10-19H2,1-2H3;2*1-2H3. The zero-order valence-electron chi connectivity index (χ0n) is 22.5. The third-order valence-electron chi connectivity index (χ3n) is 6.06. The van der Waals surface area contributed by atoms with E-state index in [1.54, 1.807) is 0 Å². The summed E-state index contributed by atoms with van der Waals surface area (Å²) in [6.45, 7) is 20.7. The van der Waals surface area contributed by atoms with Crippen LogP contribution in [0.2, 0.25) is 0 Å². The highest BCUT2D eigenvalue weighted by Gasteiger charge is 2.27. The summed E-state index contributed by atoms with van der Waals surface area (Å²) in [5.74, 6) is 0.892. The van der Waals surface area contributed by atoms with Crippen molar-refractivity contribution in [3.63, 3.8) is 0 Å². The lowest BCUT2D eigenvalue weighted by Crippen LogP contribution is -2.54. The monoisotopic (exact) mass is 476 g/mol. The summed E-state index contributed by atoms with van der Waals surface area (Å²) in [5, 5.41) is 0. The molecule has 2 heterocycles. The number of unbranched alkanes of at least 4 members (excludes halogenated alkanes) is 1. The molecule has 7 heteroatoms. The average molecular weight is 477 g/mol. The fourth-order valence-corrected chi connectivity index (χ4v) is 3.98. The summed E-state index contributed by atoms with van der Waals surface area (Å²) in [6.07, 6.45) is 2.04. The molecule has 1 aromatic rings. The van der Waals surface area contributed by atoms with E-state index >= 15 is 0 Å². The third kappa shape index (κ3) is 9.26. The Bertz CT molecular complexity index is 697. The van der Waals surface area contributed by atoms with E-state index in [0.717, 1.165) is 58.7 Å². The predicted molar refractivity (Wildman–Crippen MR) is 141 cm³/mol. The second kappa shape index (κ2) is 17.3. The van der Waals surface area contributed by atoms with Gasteiger partial charge < -0.3 is 19.4 Å². The molecule has 0 saturated carbocycles. The van der Waals surface area contributed by atoms with Gasteiger partial charge in [-0.25, -0.2) is 0 Å². The summed E-state index contributed by atoms with van der Waals surface area (Å²) in [4.78, 5) is 34.1. The van der Waals surface area contributed by atoms with Gasteiger partial charge in [-0.2, -0.15) is 0 Å². The molecule has 2 saturated heterocycles. The van der Waals surface area contributed by atoms with Crippen molar-refractivity contribution in [2.45, 2.75) is 54.4 Å². The van der Waals surface area contributed by atoms with E-state index in [-0.39, 0.29) is 11.8 Å². The van der Waals surface area contributed by atoms with Gasteiger partial charge in [-0.1, -0.05) is 60.1 Å². The molecule has 0 unspecified atom stereocenters. The third-order valence-corrected chi connectivity index (χ3v) is 6.06. The molecule has 2 aliphatic rings. The van der Waals surface area contributed by atoms with Crippen molar-refractivity contribution in [1.29, 1.82) is 0 Å². The van der Waals surface area contributed by atoms with Gasteiger partial charge in [0.1, 0.15) is 5.75 Å². The van der Waals surface area contributed by atoms with Crippen molar-refractivity contribution >= 4 is 11.8 Å². The van der Waals surface area contributed by atoms with Gasteiger partial charge in [-0.3, -0.25) is 14.5 Å². The van der Waals surface area contributed by atoms with Gasteiger partial charge in [0.25, 0.3) is 5.91 Å². The lowest BCUT2D eigenvalue weighted by atomic mass is 10.1. The predicted octanol–water partition coefficient (Wildman–Crippen LogP) is 3.84. The Labute approximate surface area is 208 Å². The number of amides is 2. The van der Waals surface area contributed by atoms with Crippen molar-refractivity contribution in [3.8, 4) is 5.75 Å². The summed E-state index contributed by atoms with van der Waals surface area (Å²) < 4.78 is 5.83. The van der Waals surface area contributed by atoms with Crippen LogP contribution in [0.4, 0.5) is 0 Å². The van der Waals surface area contributed by atoms with E-state index in [1.165, 1.54) is 0 Å². The van der Waals surface area contributed by atoms with Gasteiger partial charge in [0, 0.05) is 52.4 Å². The number of benzene rings is 1. The van der Waals surface area contributed by atoms with E-state index in [0.29, 0.717) is 37.6 Å². The number of carbonyl (C=O) groups is 2. The Kier molecular flexibility index (Phi) is 15.3. The number of para-hydroxylation sites is 1. The maximum Gasteiger partial charge on any atom is 0.257 e. The molecule has 0 atom stereocenters. The molecule has 1 aromatic carbocycles. The van der Waals surface area contributed by atoms with Crippen LogP contribution in [0, 0.1) is 0 Å². The number of hydrogen-bond acceptors (Lipinski definition) is 5. The first-order chi connectivity index (χ1) is 16.6. The van der Waals surface area contributed by atoms with Crippen molar-refractivity contribution in [2.24, 2.45) is 0 Å². The molecule has 2 fully saturated rings. The number of carbonyl (C=O) groups excluding carboxylic acids is 2. The van der Waals surface area contributed by atoms with Crippen LogP contribution in [0.25, 0.3) is 0 Å². The molecular formula is C27H48N4O3. The molecule has 0 radical (unpaired) electrons. The van der Waals surface area contributed by atoms with Gasteiger partial charge in [0.2, 0.25) is 5.91 Å². The highest BCUT2D eigenvalue weighted by Crippen LogP contribution is 2.21. The van der Waals surface area contributed by atoms with Crippen LogP contribution in [-0.4, -0.2) is 103 Å². The highest BCUT2D eigenvalue weighted by molar-refractivity contribution is 5.97. The van der Waals surface area contributed by atoms with Crippen LogP contribution in [0.1, 0.15) is 64.7 Å². The van der Waals surface area contributed by atoms with Crippen LogP contribution in [0.15, 0.2) is 24.3 Å². The SMILES string of the molecule is CC.CC.CCCCOc1ccccc1C(=O)N1CCN(CC(=O)N2CCN(CC)CC2)CC1. The largest absolute Gasteiger partial charge is 0.493 e. The van der Waals surface area contributed by atoms with Crippen LogP contribution >= 0.6 is 0 Å². The molecule has 0 spiro atoms. The molecule has 2 aliphatic heterocycles. The van der Waals surface area contributed by atoms with Crippen LogP contribution < -0.4 is 4.74 Å². The number of hydrogen-bond donors (Lipinski definition) is 0. The van der Waals surface area contributed by atoms with Gasteiger partial charge in [-0.15, -0.1) is 0 Å². The van der Waals surface area contributed by atoms with Gasteiger partial charge in [0.05, 0.1) is 18.7 Å². The zero-order chi connectivity index (χ0) is 25.3. The van der Waals surface area contributed by atoms with E-state index in [4.69, 9.17) is 4.74 Å². The fourth-order valence-electron chi connectivity index (χ4n) is 3.98. The Balaban J connectivity index is 0.00000137. The van der Waals surface area contributed by atoms with E-state index in [9.17, 15) is 9.59 Å². The van der Waals surface area contributed by atoms with Crippen LogP contribution in [0.5, 0.6) is 5.75 Å². The number of ether oxygens (including phenoxy) is 1. The summed E-state index contributed by atoms with van der Waals surface area (Å²) >= 11 is 0. The maximum atomic E-state index is 13.0. The first-order valence-corrected chi connectivity index (χ1v) is 13.4. The topological polar surface area (TPSA) is 56.3 Å². The molecule has 0 N–H and O–H groups in total. The minimum absolute atomic E-state index is 0.0174. The second-order valence-electron chi connectivity index (χ2n) is 8.08. The smallest absolute Gasteiger partial charge is 0.257 e. The molecule has 0 bridgehead atoms. The fraction of sp³-hybridized carbons (Fsp3) is 0.704. The van der Waals surface area contributed by atoms with Crippen molar-refractivity contribution in [1.82, 2.24) is 19.6 Å². The molecule has 194 valence electrons. The maximum absolute atomic E-state index is 13.0. The molecule has 0 aliphatic carbocycles. The number of piperazine rings is 2. The van der Waals surface area contributed by atoms with Gasteiger partial charge in [0.15, 0.2) is 0 Å². The van der Waals surface area contributed by atoms with Gasteiger partial charge >= 0.3 is 0 Å². The summed E-state index contributed by atoms with van der Waals surface area (Å²) in [6, 6.07) is 7.50. The molecule has 34 heavy (non-hydrogen) atoms. The van der Waals surface area contributed by atoms with E-state index in [2.05, 4.69) is 23.6 Å². The lowest BCUT2D eigenvalue weighted by molar-refractivity contribution is -0.134. The summed E-state index contributed by atoms with van der Waals surface area (Å²) in [5.41, 5.74) is 0.631. The Morgan fingerprint density at radius 1 is 0.794 bits per heavy atom. The Morgan fingerprint density at radius 3 is 1.94 bits per heavy atom. The first-order valence-electron chi connectivity index (χ1n) is 13.4. The zero-order valence-corrected chi connectivity index (χ0v) is 22.5. The molecule has 0 aromatic heterocycles. The number of likely N-dealkylation sites (N-methyl/N-ethyl adjacent to an activating group) is 1. The van der Waals surface area contributed by atoms with E-state index in [1.807, 2.05) is 61.8 Å². The normalized spacial score (nSPS) is 16.6. The van der Waals surface area contributed by atoms with Crippen molar-refractivity contribution in [2.75, 3.05) is 72.1 Å². The number of nitrogens with zero attached hydrogens (tertiary/aromatic N) is 4. The molecule has 2 amide bonds. The minimum Gasteiger partial charge on any atom is -0.493 e. The van der Waals surface area contributed by atoms with E-state index < -0.39 is 0 Å². The minimum atomic E-state index is 0.0174. The van der Waals surface area contributed by atoms with Gasteiger partial charge in [-0.05, 0) is 25.1 Å². The molecule has 3 rings (SSSR count). The average Bonchev–Trinajstić information content (AvgIpc) is 2.91. The Hall–Kier alpha value is -2.12.